The smallest absolute Gasteiger partial charge is 0.151 e. The molecule has 1 aromatic heterocycles. The molecule has 1 unspecified atom stereocenters. The van der Waals surface area contributed by atoms with Crippen molar-refractivity contribution in [2.75, 3.05) is 18.8 Å². The standard InChI is InChI=1S/C10H14ClN3/c11-10-9(12)4-8(6-14-10)7-2-1-3-13-5-7/h4,6-7,13H,1-3,5,12H2. The molecular formula is C10H14ClN3. The third-order valence-electron chi connectivity index (χ3n) is 2.66. The van der Waals surface area contributed by atoms with Gasteiger partial charge in [0.1, 0.15) is 0 Å². The molecule has 14 heavy (non-hydrogen) atoms. The highest BCUT2D eigenvalue weighted by atomic mass is 35.5. The lowest BCUT2D eigenvalue weighted by atomic mass is 9.93. The van der Waals surface area contributed by atoms with Crippen molar-refractivity contribution in [3.05, 3.63) is 23.0 Å². The normalized spacial score (nSPS) is 22.2. The molecule has 1 atom stereocenters. The molecule has 4 heteroatoms. The zero-order valence-corrected chi connectivity index (χ0v) is 8.72. The second kappa shape index (κ2) is 4.15. The van der Waals surface area contributed by atoms with Crippen molar-refractivity contribution < 1.29 is 0 Å². The number of nitrogens with two attached hydrogens (primary N) is 1. The highest BCUT2D eigenvalue weighted by Crippen LogP contribution is 2.26. The molecule has 0 aliphatic carbocycles. The molecule has 0 saturated carbocycles. The van der Waals surface area contributed by atoms with Gasteiger partial charge in [-0.2, -0.15) is 0 Å². The molecule has 3 N–H and O–H groups in total. The van der Waals surface area contributed by atoms with Gasteiger partial charge in [0.05, 0.1) is 5.69 Å². The second-order valence-corrected chi connectivity index (χ2v) is 4.05. The summed E-state index contributed by atoms with van der Waals surface area (Å²) in [6.45, 7) is 2.13. The van der Waals surface area contributed by atoms with E-state index in [0.29, 0.717) is 16.8 Å². The Hall–Kier alpha value is -0.800. The van der Waals surface area contributed by atoms with Gasteiger partial charge in [-0.15, -0.1) is 0 Å². The first-order valence-electron chi connectivity index (χ1n) is 4.89. The van der Waals surface area contributed by atoms with E-state index in [2.05, 4.69) is 10.3 Å². The topological polar surface area (TPSA) is 50.9 Å². The molecule has 1 aromatic rings. The van der Waals surface area contributed by atoms with Crippen LogP contribution in [0.2, 0.25) is 5.15 Å². The van der Waals surface area contributed by atoms with Crippen LogP contribution in [0.15, 0.2) is 12.3 Å². The van der Waals surface area contributed by atoms with Crippen molar-refractivity contribution in [1.82, 2.24) is 10.3 Å². The maximum Gasteiger partial charge on any atom is 0.151 e. The van der Waals surface area contributed by atoms with Crippen LogP contribution in [0.25, 0.3) is 0 Å². The molecule has 0 radical (unpaired) electrons. The number of nitrogens with zero attached hydrogens (tertiary/aromatic N) is 1. The maximum atomic E-state index is 5.77. The fraction of sp³-hybridized carbons (Fsp3) is 0.500. The Bertz CT molecular complexity index is 321. The lowest BCUT2D eigenvalue weighted by Gasteiger charge is -2.23. The number of hydrogen-bond donors (Lipinski definition) is 2. The third-order valence-corrected chi connectivity index (χ3v) is 2.97. The number of anilines is 1. The Morgan fingerprint density at radius 3 is 3.07 bits per heavy atom. The predicted octanol–water partition coefficient (Wildman–Crippen LogP) is 1.78. The third kappa shape index (κ3) is 1.99. The Morgan fingerprint density at radius 2 is 2.43 bits per heavy atom. The van der Waals surface area contributed by atoms with Crippen LogP contribution >= 0.6 is 11.6 Å². The van der Waals surface area contributed by atoms with E-state index in [1.165, 1.54) is 18.4 Å². The summed E-state index contributed by atoms with van der Waals surface area (Å²) >= 11 is 5.77. The number of hydrogen-bond acceptors (Lipinski definition) is 3. The highest BCUT2D eigenvalue weighted by molar-refractivity contribution is 6.31. The minimum atomic E-state index is 0.400. The van der Waals surface area contributed by atoms with Crippen LogP contribution < -0.4 is 11.1 Å². The predicted molar refractivity (Wildman–Crippen MR) is 58.5 cm³/mol. The van der Waals surface area contributed by atoms with Crippen LogP contribution in [0.4, 0.5) is 5.69 Å². The molecule has 1 saturated heterocycles. The quantitative estimate of drug-likeness (QED) is 0.697. The molecule has 0 aromatic carbocycles. The van der Waals surface area contributed by atoms with Crippen molar-refractivity contribution >= 4 is 17.3 Å². The van der Waals surface area contributed by atoms with Gasteiger partial charge >= 0.3 is 0 Å². The van der Waals surface area contributed by atoms with Gasteiger partial charge in [0.2, 0.25) is 0 Å². The number of aromatic nitrogens is 1. The van der Waals surface area contributed by atoms with Crippen molar-refractivity contribution in [1.29, 1.82) is 0 Å². The van der Waals surface area contributed by atoms with Gasteiger partial charge in [0.15, 0.2) is 5.15 Å². The van der Waals surface area contributed by atoms with E-state index in [1.807, 2.05) is 12.3 Å². The SMILES string of the molecule is Nc1cc(C2CCCNC2)cnc1Cl. The first-order chi connectivity index (χ1) is 6.77. The Balaban J connectivity index is 2.18. The molecule has 0 spiro atoms. The summed E-state index contributed by atoms with van der Waals surface area (Å²) < 4.78 is 0. The van der Waals surface area contributed by atoms with E-state index < -0.39 is 0 Å². The fourth-order valence-corrected chi connectivity index (χ4v) is 1.95. The van der Waals surface area contributed by atoms with Gasteiger partial charge in [-0.3, -0.25) is 0 Å². The number of piperidine rings is 1. The van der Waals surface area contributed by atoms with Crippen LogP contribution in [0, 0.1) is 0 Å². The average Bonchev–Trinajstić information content (AvgIpc) is 2.23. The summed E-state index contributed by atoms with van der Waals surface area (Å²) in [6.07, 6.45) is 4.25. The summed E-state index contributed by atoms with van der Waals surface area (Å²) in [6, 6.07) is 1.94. The van der Waals surface area contributed by atoms with Gasteiger partial charge < -0.3 is 11.1 Å². The molecule has 2 heterocycles. The van der Waals surface area contributed by atoms with Crippen molar-refractivity contribution in [3.8, 4) is 0 Å². The number of halogens is 1. The van der Waals surface area contributed by atoms with Crippen LogP contribution in [-0.2, 0) is 0 Å². The lowest BCUT2D eigenvalue weighted by molar-refractivity contribution is 0.461. The molecule has 1 fully saturated rings. The zero-order chi connectivity index (χ0) is 9.97. The molecule has 0 bridgehead atoms. The van der Waals surface area contributed by atoms with E-state index in [9.17, 15) is 0 Å². The van der Waals surface area contributed by atoms with Gasteiger partial charge in [-0.25, -0.2) is 4.98 Å². The van der Waals surface area contributed by atoms with Gasteiger partial charge in [-0.1, -0.05) is 11.6 Å². The van der Waals surface area contributed by atoms with E-state index >= 15 is 0 Å². The minimum Gasteiger partial charge on any atom is -0.396 e. The van der Waals surface area contributed by atoms with Crippen LogP contribution in [0.3, 0.4) is 0 Å². The summed E-state index contributed by atoms with van der Waals surface area (Å²) in [4.78, 5) is 4.07. The molecule has 2 rings (SSSR count). The Labute approximate surface area is 88.7 Å². The fourth-order valence-electron chi connectivity index (χ4n) is 1.84. The van der Waals surface area contributed by atoms with Crippen LogP contribution in [0.1, 0.15) is 24.3 Å². The van der Waals surface area contributed by atoms with Gasteiger partial charge in [0, 0.05) is 12.7 Å². The first kappa shape index (κ1) is 9.74. The summed E-state index contributed by atoms with van der Waals surface area (Å²) in [5.74, 6) is 0.538. The summed E-state index contributed by atoms with van der Waals surface area (Å²) in [5.41, 5.74) is 7.48. The van der Waals surface area contributed by atoms with Gasteiger partial charge in [-0.05, 0) is 36.9 Å². The Kier molecular flexibility index (Phi) is 2.89. The van der Waals surface area contributed by atoms with E-state index in [1.54, 1.807) is 0 Å². The number of nitrogens with one attached hydrogen (secondary N) is 1. The molecular weight excluding hydrogens is 198 g/mol. The van der Waals surface area contributed by atoms with Gasteiger partial charge in [0.25, 0.3) is 0 Å². The second-order valence-electron chi connectivity index (χ2n) is 3.69. The Morgan fingerprint density at radius 1 is 1.57 bits per heavy atom. The molecule has 1 aliphatic heterocycles. The molecule has 0 amide bonds. The van der Waals surface area contributed by atoms with E-state index in [-0.39, 0.29) is 0 Å². The van der Waals surface area contributed by atoms with Crippen molar-refractivity contribution in [3.63, 3.8) is 0 Å². The maximum absolute atomic E-state index is 5.77. The minimum absolute atomic E-state index is 0.400. The van der Waals surface area contributed by atoms with Crippen molar-refractivity contribution in [2.24, 2.45) is 0 Å². The summed E-state index contributed by atoms with van der Waals surface area (Å²) in [5, 5.41) is 3.77. The van der Waals surface area contributed by atoms with E-state index in [0.717, 1.165) is 13.1 Å². The van der Waals surface area contributed by atoms with Crippen LogP contribution in [-0.4, -0.2) is 18.1 Å². The highest BCUT2D eigenvalue weighted by Gasteiger charge is 2.15. The largest absolute Gasteiger partial charge is 0.396 e. The van der Waals surface area contributed by atoms with Crippen molar-refractivity contribution in [2.45, 2.75) is 18.8 Å². The van der Waals surface area contributed by atoms with Crippen LogP contribution in [0.5, 0.6) is 0 Å². The average molecular weight is 212 g/mol. The summed E-state index contributed by atoms with van der Waals surface area (Å²) in [7, 11) is 0. The first-order valence-corrected chi connectivity index (χ1v) is 5.27. The lowest BCUT2D eigenvalue weighted by Crippen LogP contribution is -2.28. The molecule has 76 valence electrons. The van der Waals surface area contributed by atoms with E-state index in [4.69, 9.17) is 17.3 Å². The monoisotopic (exact) mass is 211 g/mol. The molecule has 1 aliphatic rings. The number of rotatable bonds is 1. The molecule has 3 nitrogen and oxygen atoms in total. The number of nitrogen functional groups attached to an aromatic ring is 1. The number of pyridine rings is 1. The zero-order valence-electron chi connectivity index (χ0n) is 7.96.